The SMILES string of the molecule is C=C.C=C(CCc1ccc(C)cc1)N1CCN(C(C)C2=Nc3ccccc3C(=C)N2c2ccccc2)CC1. The van der Waals surface area contributed by atoms with E-state index < -0.39 is 0 Å². The number of anilines is 1. The number of fused-ring (bicyclic) bond motifs is 1. The smallest absolute Gasteiger partial charge is 0.131 e. The van der Waals surface area contributed by atoms with E-state index in [-0.39, 0.29) is 6.04 Å². The maximum atomic E-state index is 5.16. The second kappa shape index (κ2) is 12.6. The van der Waals surface area contributed by atoms with Crippen molar-refractivity contribution < 1.29 is 0 Å². The van der Waals surface area contributed by atoms with E-state index in [4.69, 9.17) is 4.99 Å². The molecule has 3 aromatic carbocycles. The van der Waals surface area contributed by atoms with Gasteiger partial charge in [-0.25, -0.2) is 4.99 Å². The Hall–Kier alpha value is -3.89. The van der Waals surface area contributed by atoms with Gasteiger partial charge >= 0.3 is 0 Å². The number of amidine groups is 1. The monoisotopic (exact) mass is 504 g/mol. The van der Waals surface area contributed by atoms with Crippen LogP contribution in [0.3, 0.4) is 0 Å². The van der Waals surface area contributed by atoms with E-state index in [0.29, 0.717) is 0 Å². The van der Waals surface area contributed by atoms with E-state index in [1.54, 1.807) is 0 Å². The summed E-state index contributed by atoms with van der Waals surface area (Å²) in [5, 5.41) is 0. The van der Waals surface area contributed by atoms with Crippen molar-refractivity contribution >= 4 is 22.9 Å². The highest BCUT2D eigenvalue weighted by molar-refractivity contribution is 6.15. The number of benzene rings is 3. The lowest BCUT2D eigenvalue weighted by molar-refractivity contribution is 0.144. The van der Waals surface area contributed by atoms with Crippen LogP contribution in [-0.4, -0.2) is 47.9 Å². The summed E-state index contributed by atoms with van der Waals surface area (Å²) < 4.78 is 0. The molecule has 1 fully saturated rings. The van der Waals surface area contributed by atoms with Gasteiger partial charge in [0.15, 0.2) is 0 Å². The standard InChI is InChI=1S/C32H36N4.C2H4/c1-24-14-17-28(18-15-24)19-16-25(2)34-20-22-35(23-21-34)27(4)32-33-31-13-9-8-12-30(31)26(3)36(32)29-10-6-5-7-11-29;1-2/h5-15,17-18,27H,2-3,16,19-23H2,1,4H3;1-2H2. The van der Waals surface area contributed by atoms with E-state index in [9.17, 15) is 0 Å². The van der Waals surface area contributed by atoms with Gasteiger partial charge in [-0.3, -0.25) is 9.80 Å². The lowest BCUT2D eigenvalue weighted by atomic mass is 10.0. The fourth-order valence-corrected chi connectivity index (χ4v) is 5.18. The fraction of sp³-hybridized carbons (Fsp3) is 0.265. The third-order valence-electron chi connectivity index (χ3n) is 7.47. The molecule has 2 aliphatic rings. The van der Waals surface area contributed by atoms with Crippen molar-refractivity contribution in [3.63, 3.8) is 0 Å². The first-order chi connectivity index (χ1) is 18.5. The summed E-state index contributed by atoms with van der Waals surface area (Å²) in [5.41, 5.74) is 8.11. The molecule has 0 N–H and O–H groups in total. The third kappa shape index (κ3) is 5.98. The molecule has 2 aliphatic heterocycles. The van der Waals surface area contributed by atoms with Gasteiger partial charge < -0.3 is 4.90 Å². The summed E-state index contributed by atoms with van der Waals surface area (Å²) in [6, 6.07) is 27.8. The minimum Gasteiger partial charge on any atom is -0.373 e. The Morgan fingerprint density at radius 2 is 1.50 bits per heavy atom. The summed E-state index contributed by atoms with van der Waals surface area (Å²) in [6.07, 6.45) is 2.05. The quantitative estimate of drug-likeness (QED) is 0.312. The molecule has 196 valence electrons. The van der Waals surface area contributed by atoms with E-state index in [2.05, 4.69) is 134 Å². The van der Waals surface area contributed by atoms with E-state index in [1.165, 1.54) is 16.8 Å². The van der Waals surface area contributed by atoms with Crippen LogP contribution < -0.4 is 4.90 Å². The molecule has 0 saturated carbocycles. The average molecular weight is 505 g/mol. The van der Waals surface area contributed by atoms with Crippen LogP contribution in [-0.2, 0) is 6.42 Å². The molecule has 0 aromatic heterocycles. The van der Waals surface area contributed by atoms with Crippen molar-refractivity contribution in [2.75, 3.05) is 31.1 Å². The number of allylic oxidation sites excluding steroid dienone is 1. The number of hydrogen-bond acceptors (Lipinski definition) is 4. The minimum absolute atomic E-state index is 0.165. The van der Waals surface area contributed by atoms with Gasteiger partial charge in [0.2, 0.25) is 0 Å². The Kier molecular flexibility index (Phi) is 8.98. The third-order valence-corrected chi connectivity index (χ3v) is 7.47. The summed E-state index contributed by atoms with van der Waals surface area (Å²) in [4.78, 5) is 12.4. The maximum absolute atomic E-state index is 5.16. The number of nitrogens with zero attached hydrogens (tertiary/aromatic N) is 4. The molecular weight excluding hydrogens is 464 g/mol. The summed E-state index contributed by atoms with van der Waals surface area (Å²) in [5.74, 6) is 1.04. The predicted molar refractivity (Wildman–Crippen MR) is 164 cm³/mol. The maximum Gasteiger partial charge on any atom is 0.131 e. The fourth-order valence-electron chi connectivity index (χ4n) is 5.18. The van der Waals surface area contributed by atoms with Gasteiger partial charge in [0, 0.05) is 48.8 Å². The molecule has 0 aliphatic carbocycles. The van der Waals surface area contributed by atoms with Gasteiger partial charge in [0.1, 0.15) is 5.84 Å². The molecular formula is C34H40N4. The van der Waals surface area contributed by atoms with Crippen LogP contribution in [0.5, 0.6) is 0 Å². The number of hydrogen-bond donors (Lipinski definition) is 0. The normalized spacial score (nSPS) is 16.2. The van der Waals surface area contributed by atoms with Crippen LogP contribution in [0.25, 0.3) is 5.70 Å². The first-order valence-electron chi connectivity index (χ1n) is 13.5. The molecule has 2 heterocycles. The number of aliphatic imine (C=N–C) groups is 1. The van der Waals surface area contributed by atoms with Crippen LogP contribution in [0.2, 0.25) is 0 Å². The van der Waals surface area contributed by atoms with E-state index >= 15 is 0 Å². The highest BCUT2D eigenvalue weighted by Gasteiger charge is 2.32. The molecule has 5 rings (SSSR count). The Balaban J connectivity index is 0.00000164. The molecule has 4 nitrogen and oxygen atoms in total. The van der Waals surface area contributed by atoms with Gasteiger partial charge in [-0.1, -0.05) is 79.4 Å². The first-order valence-corrected chi connectivity index (χ1v) is 13.5. The Morgan fingerprint density at radius 1 is 0.868 bits per heavy atom. The summed E-state index contributed by atoms with van der Waals surface area (Å²) in [7, 11) is 0. The molecule has 0 bridgehead atoms. The van der Waals surface area contributed by atoms with Gasteiger partial charge in [-0.15, -0.1) is 13.2 Å². The van der Waals surface area contributed by atoms with Crippen molar-refractivity contribution in [2.45, 2.75) is 32.7 Å². The predicted octanol–water partition coefficient (Wildman–Crippen LogP) is 7.47. The topological polar surface area (TPSA) is 22.1 Å². The van der Waals surface area contributed by atoms with Gasteiger partial charge in [0.05, 0.1) is 11.7 Å². The number of piperazine rings is 1. The summed E-state index contributed by atoms with van der Waals surface area (Å²) >= 11 is 0. The highest BCUT2D eigenvalue weighted by Crippen LogP contribution is 2.37. The minimum atomic E-state index is 0.165. The molecule has 0 spiro atoms. The van der Waals surface area contributed by atoms with Gasteiger partial charge in [0.25, 0.3) is 0 Å². The van der Waals surface area contributed by atoms with Crippen LogP contribution in [0.4, 0.5) is 11.4 Å². The zero-order chi connectivity index (χ0) is 27.1. The van der Waals surface area contributed by atoms with Crippen LogP contribution >= 0.6 is 0 Å². The lowest BCUT2D eigenvalue weighted by Gasteiger charge is -2.43. The molecule has 0 radical (unpaired) electrons. The lowest BCUT2D eigenvalue weighted by Crippen LogP contribution is -2.54. The second-order valence-corrected chi connectivity index (χ2v) is 9.86. The zero-order valence-corrected chi connectivity index (χ0v) is 22.9. The van der Waals surface area contributed by atoms with Gasteiger partial charge in [-0.05, 0) is 50.5 Å². The van der Waals surface area contributed by atoms with Crippen LogP contribution in [0.1, 0.15) is 30.0 Å². The first kappa shape index (κ1) is 27.2. The van der Waals surface area contributed by atoms with Crippen molar-refractivity contribution in [1.29, 1.82) is 0 Å². The molecule has 1 atom stereocenters. The van der Waals surface area contributed by atoms with Crippen LogP contribution in [0, 0.1) is 6.92 Å². The zero-order valence-electron chi connectivity index (χ0n) is 22.9. The van der Waals surface area contributed by atoms with Crippen molar-refractivity contribution in [1.82, 2.24) is 9.80 Å². The second-order valence-electron chi connectivity index (χ2n) is 9.86. The Labute approximate surface area is 228 Å². The molecule has 1 saturated heterocycles. The molecule has 3 aromatic rings. The molecule has 0 amide bonds. The van der Waals surface area contributed by atoms with E-state index in [1.807, 2.05) is 0 Å². The molecule has 38 heavy (non-hydrogen) atoms. The number of para-hydroxylation sites is 2. The van der Waals surface area contributed by atoms with Crippen LogP contribution in [0.15, 0.2) is 116 Å². The Bertz CT molecular complexity index is 1270. The molecule has 1 unspecified atom stereocenters. The Morgan fingerprint density at radius 3 is 2.18 bits per heavy atom. The average Bonchev–Trinajstić information content (AvgIpc) is 2.98. The number of aryl methyl sites for hydroxylation is 2. The van der Waals surface area contributed by atoms with Crippen molar-refractivity contribution in [3.05, 3.63) is 128 Å². The molecule has 4 heteroatoms. The highest BCUT2D eigenvalue weighted by atomic mass is 15.3. The van der Waals surface area contributed by atoms with Gasteiger partial charge in [-0.2, -0.15) is 0 Å². The summed E-state index contributed by atoms with van der Waals surface area (Å²) in [6.45, 7) is 23.3. The number of rotatable bonds is 7. The van der Waals surface area contributed by atoms with E-state index in [0.717, 1.165) is 67.5 Å². The van der Waals surface area contributed by atoms with Crippen molar-refractivity contribution in [3.8, 4) is 0 Å². The largest absolute Gasteiger partial charge is 0.373 e. The van der Waals surface area contributed by atoms with Crippen molar-refractivity contribution in [2.24, 2.45) is 4.99 Å².